The Morgan fingerprint density at radius 1 is 1.05 bits per heavy atom. The number of hydrogen-bond acceptors (Lipinski definition) is 6. The number of aryl methyl sites for hydroxylation is 1. The molecule has 0 atom stereocenters. The highest BCUT2D eigenvalue weighted by atomic mass is 35.5. The second-order valence-electron chi connectivity index (χ2n) is 8.12. The van der Waals surface area contributed by atoms with E-state index in [1.54, 1.807) is 6.07 Å². The van der Waals surface area contributed by atoms with Crippen molar-refractivity contribution in [3.05, 3.63) is 93.5 Å². The van der Waals surface area contributed by atoms with Crippen molar-refractivity contribution >= 4 is 47.2 Å². The first-order valence-corrected chi connectivity index (χ1v) is 11.4. The van der Waals surface area contributed by atoms with Gasteiger partial charge in [0, 0.05) is 0 Å². The van der Waals surface area contributed by atoms with Crippen molar-refractivity contribution in [3.8, 4) is 11.5 Å². The molecule has 0 unspecified atom stereocenters. The summed E-state index contributed by atoms with van der Waals surface area (Å²) in [4.78, 5) is 49.9. The van der Waals surface area contributed by atoms with Crippen LogP contribution in [0.25, 0.3) is 6.08 Å². The molecule has 3 aromatic carbocycles. The maximum Gasteiger partial charge on any atom is 0.335 e. The van der Waals surface area contributed by atoms with Crippen molar-refractivity contribution < 1.29 is 33.8 Å². The van der Waals surface area contributed by atoms with Crippen LogP contribution in [0.15, 0.2) is 66.2 Å². The molecule has 1 saturated heterocycles. The van der Waals surface area contributed by atoms with Crippen molar-refractivity contribution in [1.82, 2.24) is 5.32 Å². The molecule has 1 aliphatic rings. The molecule has 3 aromatic rings. The van der Waals surface area contributed by atoms with E-state index in [0.29, 0.717) is 11.3 Å². The van der Waals surface area contributed by atoms with Crippen LogP contribution in [0.2, 0.25) is 5.02 Å². The van der Waals surface area contributed by atoms with E-state index in [-0.39, 0.29) is 34.2 Å². The molecule has 2 N–H and O–H groups in total. The summed E-state index contributed by atoms with van der Waals surface area (Å²) in [6.07, 6.45) is 1.28. The first-order chi connectivity index (χ1) is 17.7. The Morgan fingerprint density at radius 3 is 2.35 bits per heavy atom. The average molecular weight is 521 g/mol. The van der Waals surface area contributed by atoms with Gasteiger partial charge in [0.05, 0.1) is 23.4 Å². The van der Waals surface area contributed by atoms with E-state index in [0.717, 1.165) is 16.0 Å². The highest BCUT2D eigenvalue weighted by Crippen LogP contribution is 2.38. The molecule has 188 valence electrons. The summed E-state index contributed by atoms with van der Waals surface area (Å²) in [5.41, 5.74) is 2.16. The Morgan fingerprint density at radius 2 is 1.73 bits per heavy atom. The van der Waals surface area contributed by atoms with Gasteiger partial charge < -0.3 is 14.6 Å². The van der Waals surface area contributed by atoms with Crippen molar-refractivity contribution in [1.29, 1.82) is 0 Å². The van der Waals surface area contributed by atoms with Crippen LogP contribution < -0.4 is 19.7 Å². The average Bonchev–Trinajstić information content (AvgIpc) is 2.86. The molecule has 10 heteroatoms. The number of nitrogens with one attached hydrogen (secondary N) is 1. The first-order valence-electron chi connectivity index (χ1n) is 11.0. The van der Waals surface area contributed by atoms with Crippen molar-refractivity contribution in [3.63, 3.8) is 0 Å². The number of halogens is 1. The molecule has 0 aromatic heterocycles. The standard InChI is InChI=1S/C27H21ClN2O7/c1-15-3-5-16(6-4-15)14-37-23-21(28)12-17(13-22(23)36-2)11-20-24(31)29-27(35)30(25(20)32)19-9-7-18(8-10-19)26(33)34/h3-13H,14H2,1-2H3,(H,33,34)(H,29,31,35)/b20-11+. The van der Waals surface area contributed by atoms with Crippen LogP contribution in [-0.2, 0) is 16.2 Å². The van der Waals surface area contributed by atoms with E-state index in [2.05, 4.69) is 5.32 Å². The fourth-order valence-corrected chi connectivity index (χ4v) is 3.89. The lowest BCUT2D eigenvalue weighted by molar-refractivity contribution is -0.122. The number of nitrogens with zero attached hydrogens (tertiary/aromatic N) is 1. The number of benzene rings is 3. The maximum atomic E-state index is 13.1. The largest absolute Gasteiger partial charge is 0.493 e. The maximum absolute atomic E-state index is 13.1. The molecule has 0 aliphatic carbocycles. The zero-order valence-electron chi connectivity index (χ0n) is 19.8. The smallest absolute Gasteiger partial charge is 0.335 e. The van der Waals surface area contributed by atoms with Gasteiger partial charge >= 0.3 is 12.0 Å². The summed E-state index contributed by atoms with van der Waals surface area (Å²) >= 11 is 6.45. The van der Waals surface area contributed by atoms with E-state index < -0.39 is 23.8 Å². The number of anilines is 1. The van der Waals surface area contributed by atoms with Gasteiger partial charge in [0.1, 0.15) is 12.2 Å². The van der Waals surface area contributed by atoms with Crippen molar-refractivity contribution in [2.75, 3.05) is 12.0 Å². The minimum absolute atomic E-state index is 0.0214. The van der Waals surface area contributed by atoms with E-state index in [4.69, 9.17) is 26.2 Å². The van der Waals surface area contributed by atoms with Crippen LogP contribution in [0, 0.1) is 6.92 Å². The predicted octanol–water partition coefficient (Wildman–Crippen LogP) is 4.60. The Balaban J connectivity index is 1.62. The minimum atomic E-state index is -1.16. The van der Waals surface area contributed by atoms with Gasteiger partial charge in [0.25, 0.3) is 11.8 Å². The number of hydrogen-bond donors (Lipinski definition) is 2. The van der Waals surface area contributed by atoms with Crippen LogP contribution in [0.3, 0.4) is 0 Å². The van der Waals surface area contributed by atoms with Gasteiger partial charge in [-0.05, 0) is 60.5 Å². The van der Waals surface area contributed by atoms with Gasteiger partial charge in [0.2, 0.25) is 0 Å². The molecular weight excluding hydrogens is 500 g/mol. The number of barbiturate groups is 1. The molecule has 1 heterocycles. The Hall–Kier alpha value is -4.63. The number of carbonyl (C=O) groups is 4. The third-order valence-electron chi connectivity index (χ3n) is 5.54. The third-order valence-corrected chi connectivity index (χ3v) is 5.82. The summed E-state index contributed by atoms with van der Waals surface area (Å²) in [6, 6.07) is 15.0. The molecule has 4 rings (SSSR count). The summed E-state index contributed by atoms with van der Waals surface area (Å²) in [5, 5.41) is 11.4. The normalized spacial score (nSPS) is 14.5. The molecular formula is C27H21ClN2O7. The second kappa shape index (κ2) is 10.5. The number of aromatic carboxylic acids is 1. The fraction of sp³-hybridized carbons (Fsp3) is 0.111. The SMILES string of the molecule is COc1cc(/C=C2\C(=O)NC(=O)N(c3ccc(C(=O)O)cc3)C2=O)cc(Cl)c1OCc1ccc(C)cc1. The molecule has 0 radical (unpaired) electrons. The van der Waals surface area contributed by atoms with Gasteiger partial charge in [-0.25, -0.2) is 14.5 Å². The molecule has 0 bridgehead atoms. The van der Waals surface area contributed by atoms with Crippen molar-refractivity contribution in [2.24, 2.45) is 0 Å². The molecule has 9 nitrogen and oxygen atoms in total. The lowest BCUT2D eigenvalue weighted by atomic mass is 10.1. The van der Waals surface area contributed by atoms with Gasteiger partial charge in [-0.15, -0.1) is 0 Å². The second-order valence-corrected chi connectivity index (χ2v) is 8.53. The van der Waals surface area contributed by atoms with E-state index >= 15 is 0 Å². The monoisotopic (exact) mass is 520 g/mol. The summed E-state index contributed by atoms with van der Waals surface area (Å²) in [5.74, 6) is -2.35. The predicted molar refractivity (Wildman–Crippen MR) is 136 cm³/mol. The summed E-state index contributed by atoms with van der Waals surface area (Å²) in [7, 11) is 1.43. The summed E-state index contributed by atoms with van der Waals surface area (Å²) < 4.78 is 11.3. The summed E-state index contributed by atoms with van der Waals surface area (Å²) in [6.45, 7) is 2.23. The Bertz CT molecular complexity index is 1430. The number of carboxylic acids is 1. The molecule has 1 fully saturated rings. The highest BCUT2D eigenvalue weighted by Gasteiger charge is 2.37. The molecule has 37 heavy (non-hydrogen) atoms. The number of methoxy groups -OCH3 is 1. The van der Waals surface area contributed by atoms with Gasteiger partial charge in [-0.2, -0.15) is 0 Å². The van der Waals surface area contributed by atoms with E-state index in [1.165, 1.54) is 43.5 Å². The van der Waals surface area contributed by atoms with Gasteiger partial charge in [0.15, 0.2) is 11.5 Å². The lowest BCUT2D eigenvalue weighted by Crippen LogP contribution is -2.54. The molecule has 0 saturated carbocycles. The van der Waals surface area contributed by atoms with Crippen molar-refractivity contribution in [2.45, 2.75) is 13.5 Å². The Kier molecular flexibility index (Phi) is 7.26. The van der Waals surface area contributed by atoms with Gasteiger partial charge in [-0.1, -0.05) is 41.4 Å². The topological polar surface area (TPSA) is 122 Å². The van der Waals surface area contributed by atoms with Crippen LogP contribution in [0.5, 0.6) is 11.5 Å². The number of ether oxygens (including phenoxy) is 2. The van der Waals surface area contributed by atoms with Gasteiger partial charge in [-0.3, -0.25) is 14.9 Å². The first kappa shape index (κ1) is 25.5. The number of imide groups is 2. The highest BCUT2D eigenvalue weighted by molar-refractivity contribution is 6.39. The quantitative estimate of drug-likeness (QED) is 0.345. The molecule has 0 spiro atoms. The van der Waals surface area contributed by atoms with E-state index in [9.17, 15) is 19.2 Å². The molecule has 1 aliphatic heterocycles. The number of carboxylic acid groups (broad SMARTS) is 1. The van der Waals surface area contributed by atoms with Crippen LogP contribution >= 0.6 is 11.6 Å². The van der Waals surface area contributed by atoms with Crippen LogP contribution in [0.1, 0.15) is 27.0 Å². The number of urea groups is 1. The molecule has 4 amide bonds. The minimum Gasteiger partial charge on any atom is -0.493 e. The van der Waals surface area contributed by atoms with Crippen LogP contribution in [-0.4, -0.2) is 36.0 Å². The zero-order chi connectivity index (χ0) is 26.7. The third kappa shape index (κ3) is 5.46. The number of amides is 4. The number of carbonyl (C=O) groups excluding carboxylic acids is 3. The zero-order valence-corrected chi connectivity index (χ0v) is 20.5. The number of rotatable bonds is 7. The van der Waals surface area contributed by atoms with Crippen LogP contribution in [0.4, 0.5) is 10.5 Å². The van der Waals surface area contributed by atoms with E-state index in [1.807, 2.05) is 31.2 Å². The lowest BCUT2D eigenvalue weighted by Gasteiger charge is -2.26. The Labute approximate surface area is 216 Å². The fourth-order valence-electron chi connectivity index (χ4n) is 3.61.